The van der Waals surface area contributed by atoms with Crippen molar-refractivity contribution in [2.75, 3.05) is 5.32 Å². The largest absolute Gasteiger partial charge is 0.416 e. The Bertz CT molecular complexity index is 1000. The van der Waals surface area contributed by atoms with Gasteiger partial charge in [-0.3, -0.25) is 4.79 Å². The third-order valence-corrected chi connectivity index (χ3v) is 3.95. The zero-order valence-corrected chi connectivity index (χ0v) is 13.9. The lowest BCUT2D eigenvalue weighted by Gasteiger charge is -2.14. The minimum Gasteiger partial charge on any atom is -0.322 e. The molecule has 0 spiro atoms. The van der Waals surface area contributed by atoms with Gasteiger partial charge in [0.25, 0.3) is 5.91 Å². The first-order chi connectivity index (χ1) is 12.9. The summed E-state index contributed by atoms with van der Waals surface area (Å²) in [6.45, 7) is 0. The van der Waals surface area contributed by atoms with Crippen LogP contribution in [0.15, 0.2) is 72.8 Å². The number of anilines is 1. The molecular weight excluding hydrogens is 353 g/mol. The third-order valence-electron chi connectivity index (χ3n) is 3.95. The second kappa shape index (κ2) is 7.34. The summed E-state index contributed by atoms with van der Waals surface area (Å²) in [4.78, 5) is 12.7. The molecule has 0 atom stereocenters. The van der Waals surface area contributed by atoms with Crippen molar-refractivity contribution in [3.05, 3.63) is 89.5 Å². The SMILES string of the molecule is N#Cc1ccc(NC(=O)c2cc(C(F)(F)F)ccc2-c2ccccc2)cc1. The monoisotopic (exact) mass is 366 g/mol. The summed E-state index contributed by atoms with van der Waals surface area (Å²) in [5.74, 6) is -0.662. The molecule has 1 amide bonds. The topological polar surface area (TPSA) is 52.9 Å². The van der Waals surface area contributed by atoms with Crippen LogP contribution in [0.25, 0.3) is 11.1 Å². The van der Waals surface area contributed by atoms with Crippen LogP contribution in [0.4, 0.5) is 18.9 Å². The fraction of sp³-hybridized carbons (Fsp3) is 0.0476. The predicted molar refractivity (Wildman–Crippen MR) is 96.0 cm³/mol. The standard InChI is InChI=1S/C21H13F3N2O/c22-21(23,24)16-8-11-18(15-4-2-1-3-5-15)19(12-16)20(27)26-17-9-6-14(13-25)7-10-17/h1-12H,(H,26,27). The van der Waals surface area contributed by atoms with Crippen molar-refractivity contribution >= 4 is 11.6 Å². The average molecular weight is 366 g/mol. The Hall–Kier alpha value is -3.59. The Labute approximate surface area is 153 Å². The maximum absolute atomic E-state index is 13.1. The first-order valence-electron chi connectivity index (χ1n) is 7.96. The number of hydrogen-bond donors (Lipinski definition) is 1. The number of carbonyl (C=O) groups excluding carboxylic acids is 1. The number of benzene rings is 3. The van der Waals surface area contributed by atoms with Crippen molar-refractivity contribution in [3.8, 4) is 17.2 Å². The van der Waals surface area contributed by atoms with Crippen molar-refractivity contribution in [3.63, 3.8) is 0 Å². The van der Waals surface area contributed by atoms with Crippen molar-refractivity contribution in [1.82, 2.24) is 0 Å². The van der Waals surface area contributed by atoms with Crippen molar-refractivity contribution < 1.29 is 18.0 Å². The zero-order chi connectivity index (χ0) is 19.4. The van der Waals surface area contributed by atoms with Gasteiger partial charge < -0.3 is 5.32 Å². The summed E-state index contributed by atoms with van der Waals surface area (Å²) in [6, 6.07) is 19.8. The van der Waals surface area contributed by atoms with Gasteiger partial charge >= 0.3 is 6.18 Å². The molecule has 0 bridgehead atoms. The Morgan fingerprint density at radius 3 is 2.19 bits per heavy atom. The van der Waals surface area contributed by atoms with E-state index in [0.717, 1.165) is 12.1 Å². The van der Waals surface area contributed by atoms with E-state index in [4.69, 9.17) is 5.26 Å². The number of carbonyl (C=O) groups is 1. The van der Waals surface area contributed by atoms with Crippen LogP contribution < -0.4 is 5.32 Å². The first-order valence-corrected chi connectivity index (χ1v) is 7.96. The van der Waals surface area contributed by atoms with E-state index < -0.39 is 17.6 Å². The smallest absolute Gasteiger partial charge is 0.322 e. The molecule has 0 heterocycles. The molecular formula is C21H13F3N2O. The summed E-state index contributed by atoms with van der Waals surface area (Å²) in [5, 5.41) is 11.4. The maximum atomic E-state index is 13.1. The van der Waals surface area contributed by atoms with Gasteiger partial charge in [0.05, 0.1) is 17.2 Å². The summed E-state index contributed by atoms with van der Waals surface area (Å²) in [6.07, 6.45) is -4.56. The molecule has 0 fully saturated rings. The van der Waals surface area contributed by atoms with Gasteiger partial charge in [-0.2, -0.15) is 18.4 Å². The minimum absolute atomic E-state index is 0.0830. The normalized spacial score (nSPS) is 10.9. The number of amides is 1. The van der Waals surface area contributed by atoms with Gasteiger partial charge in [0.1, 0.15) is 0 Å². The van der Waals surface area contributed by atoms with Gasteiger partial charge in [-0.05, 0) is 47.5 Å². The van der Waals surface area contributed by atoms with Gasteiger partial charge in [-0.1, -0.05) is 36.4 Å². The van der Waals surface area contributed by atoms with Crippen LogP contribution in [-0.2, 0) is 6.18 Å². The van der Waals surface area contributed by atoms with Crippen LogP contribution in [0.1, 0.15) is 21.5 Å². The Kier molecular flexibility index (Phi) is 4.95. The highest BCUT2D eigenvalue weighted by Gasteiger charge is 2.32. The molecule has 0 aliphatic carbocycles. The van der Waals surface area contributed by atoms with Crippen LogP contribution in [0.5, 0.6) is 0 Å². The Morgan fingerprint density at radius 1 is 0.926 bits per heavy atom. The van der Waals surface area contributed by atoms with E-state index in [2.05, 4.69) is 5.32 Å². The quantitative estimate of drug-likeness (QED) is 0.666. The number of rotatable bonds is 3. The van der Waals surface area contributed by atoms with Crippen LogP contribution >= 0.6 is 0 Å². The lowest BCUT2D eigenvalue weighted by molar-refractivity contribution is -0.137. The number of nitriles is 1. The molecule has 3 aromatic rings. The molecule has 3 rings (SSSR count). The van der Waals surface area contributed by atoms with E-state index in [-0.39, 0.29) is 5.56 Å². The predicted octanol–water partition coefficient (Wildman–Crippen LogP) is 5.50. The van der Waals surface area contributed by atoms with Crippen LogP contribution in [0.2, 0.25) is 0 Å². The third kappa shape index (κ3) is 4.15. The molecule has 1 N–H and O–H groups in total. The molecule has 6 heteroatoms. The lowest BCUT2D eigenvalue weighted by atomic mass is 9.96. The molecule has 0 saturated carbocycles. The van der Waals surface area contributed by atoms with E-state index >= 15 is 0 Å². The molecule has 0 radical (unpaired) electrons. The highest BCUT2D eigenvalue weighted by Crippen LogP contribution is 2.33. The van der Waals surface area contributed by atoms with Gasteiger partial charge in [-0.25, -0.2) is 0 Å². The summed E-state index contributed by atoms with van der Waals surface area (Å²) >= 11 is 0. The van der Waals surface area contributed by atoms with E-state index in [9.17, 15) is 18.0 Å². The highest BCUT2D eigenvalue weighted by molar-refractivity contribution is 6.08. The Morgan fingerprint density at radius 2 is 1.59 bits per heavy atom. The Balaban J connectivity index is 2.02. The minimum atomic E-state index is -4.56. The maximum Gasteiger partial charge on any atom is 0.416 e. The van der Waals surface area contributed by atoms with Gasteiger partial charge in [0.2, 0.25) is 0 Å². The molecule has 0 aliphatic heterocycles. The molecule has 3 aromatic carbocycles. The van der Waals surface area contributed by atoms with Crippen molar-refractivity contribution in [1.29, 1.82) is 5.26 Å². The molecule has 0 unspecified atom stereocenters. The van der Waals surface area contributed by atoms with Gasteiger partial charge in [-0.15, -0.1) is 0 Å². The second-order valence-electron chi connectivity index (χ2n) is 5.77. The van der Waals surface area contributed by atoms with Crippen molar-refractivity contribution in [2.45, 2.75) is 6.18 Å². The van der Waals surface area contributed by atoms with Gasteiger partial charge in [0.15, 0.2) is 0 Å². The summed E-state index contributed by atoms with van der Waals surface area (Å²) in [7, 11) is 0. The highest BCUT2D eigenvalue weighted by atomic mass is 19.4. The molecule has 0 saturated heterocycles. The van der Waals surface area contributed by atoms with E-state index in [0.29, 0.717) is 22.4 Å². The lowest BCUT2D eigenvalue weighted by Crippen LogP contribution is -2.15. The molecule has 27 heavy (non-hydrogen) atoms. The van der Waals surface area contributed by atoms with E-state index in [1.54, 1.807) is 30.3 Å². The number of halogens is 3. The number of nitrogens with one attached hydrogen (secondary N) is 1. The molecule has 3 nitrogen and oxygen atoms in total. The van der Waals surface area contributed by atoms with Gasteiger partial charge in [0, 0.05) is 11.3 Å². The molecule has 0 aromatic heterocycles. The molecule has 134 valence electrons. The first kappa shape index (κ1) is 18.2. The van der Waals surface area contributed by atoms with Crippen molar-refractivity contribution in [2.24, 2.45) is 0 Å². The number of hydrogen-bond acceptors (Lipinski definition) is 2. The second-order valence-corrected chi connectivity index (χ2v) is 5.77. The number of nitrogens with zero attached hydrogens (tertiary/aromatic N) is 1. The fourth-order valence-corrected chi connectivity index (χ4v) is 2.60. The summed E-state index contributed by atoms with van der Waals surface area (Å²) in [5.41, 5.74) is 0.853. The fourth-order valence-electron chi connectivity index (χ4n) is 2.60. The van der Waals surface area contributed by atoms with Crippen LogP contribution in [-0.4, -0.2) is 5.91 Å². The van der Waals surface area contributed by atoms with Crippen LogP contribution in [0.3, 0.4) is 0 Å². The molecule has 0 aliphatic rings. The van der Waals surface area contributed by atoms with E-state index in [1.165, 1.54) is 30.3 Å². The van der Waals surface area contributed by atoms with E-state index in [1.807, 2.05) is 6.07 Å². The zero-order valence-electron chi connectivity index (χ0n) is 13.9. The van der Waals surface area contributed by atoms with Crippen LogP contribution in [0, 0.1) is 11.3 Å². The number of alkyl halides is 3. The average Bonchev–Trinajstić information content (AvgIpc) is 2.68. The summed E-state index contributed by atoms with van der Waals surface area (Å²) < 4.78 is 39.3.